The Kier molecular flexibility index (Phi) is 3.65. The zero-order valence-corrected chi connectivity index (χ0v) is 10.7. The predicted molar refractivity (Wildman–Crippen MR) is 68.5 cm³/mol. The minimum atomic E-state index is -0.772. The van der Waals surface area contributed by atoms with Crippen molar-refractivity contribution in [3.63, 3.8) is 0 Å². The van der Waals surface area contributed by atoms with Crippen LogP contribution in [-0.4, -0.2) is 25.0 Å². The summed E-state index contributed by atoms with van der Waals surface area (Å²) in [4.78, 5) is 25.0. The van der Waals surface area contributed by atoms with E-state index in [2.05, 4.69) is 6.07 Å². The maximum Gasteiger partial charge on any atom is 0.397 e. The summed E-state index contributed by atoms with van der Waals surface area (Å²) in [5.74, 6) is -1.34. The van der Waals surface area contributed by atoms with Crippen LogP contribution in [0.3, 0.4) is 0 Å². The number of ether oxygens (including phenoxy) is 1. The minimum Gasteiger partial charge on any atom is -0.459 e. The molecular formula is C14H17NO3. The number of rotatable bonds is 1. The number of amides is 1. The molecular weight excluding hydrogens is 230 g/mol. The molecule has 1 heterocycles. The molecule has 4 nitrogen and oxygen atoms in total. The van der Waals surface area contributed by atoms with E-state index in [1.807, 2.05) is 19.1 Å². The van der Waals surface area contributed by atoms with Crippen LogP contribution in [0.1, 0.15) is 24.5 Å². The Morgan fingerprint density at radius 2 is 2.17 bits per heavy atom. The summed E-state index contributed by atoms with van der Waals surface area (Å²) in [7, 11) is 0. The van der Waals surface area contributed by atoms with Crippen LogP contribution in [-0.2, 0) is 20.7 Å². The largest absolute Gasteiger partial charge is 0.459 e. The molecule has 0 unspecified atom stereocenters. The van der Waals surface area contributed by atoms with Crippen LogP contribution < -0.4 is 4.90 Å². The number of carbonyl (C=O) groups is 2. The topological polar surface area (TPSA) is 46.6 Å². The molecule has 1 aromatic carbocycles. The van der Waals surface area contributed by atoms with Gasteiger partial charge in [0, 0.05) is 12.2 Å². The molecule has 1 aliphatic rings. The molecule has 0 atom stereocenters. The van der Waals surface area contributed by atoms with Gasteiger partial charge < -0.3 is 9.64 Å². The van der Waals surface area contributed by atoms with Gasteiger partial charge in [0.15, 0.2) is 0 Å². The number of aryl methyl sites for hydroxylation is 2. The highest BCUT2D eigenvalue weighted by molar-refractivity contribution is 6.38. The number of anilines is 1. The number of carbonyl (C=O) groups excluding carboxylic acids is 2. The summed E-state index contributed by atoms with van der Waals surface area (Å²) in [6.07, 6.45) is 1.82. The van der Waals surface area contributed by atoms with Crippen LogP contribution in [0.5, 0.6) is 0 Å². The average molecular weight is 247 g/mol. The van der Waals surface area contributed by atoms with E-state index in [0.717, 1.165) is 24.1 Å². The van der Waals surface area contributed by atoms with Crippen LogP contribution >= 0.6 is 0 Å². The highest BCUT2D eigenvalue weighted by Crippen LogP contribution is 2.28. The molecule has 0 bridgehead atoms. The molecule has 0 saturated carbocycles. The second-order valence-electron chi connectivity index (χ2n) is 4.41. The second kappa shape index (κ2) is 5.21. The number of fused-ring (bicyclic) bond motifs is 1. The average Bonchev–Trinajstić information content (AvgIpc) is 2.37. The Morgan fingerprint density at radius 3 is 2.89 bits per heavy atom. The van der Waals surface area contributed by atoms with Crippen molar-refractivity contribution in [2.75, 3.05) is 18.1 Å². The number of nitrogens with zero attached hydrogens (tertiary/aromatic N) is 1. The summed E-state index contributed by atoms with van der Waals surface area (Å²) >= 11 is 0. The first kappa shape index (κ1) is 12.6. The third-order valence-electron chi connectivity index (χ3n) is 3.05. The highest BCUT2D eigenvalue weighted by Gasteiger charge is 2.28. The van der Waals surface area contributed by atoms with Crippen molar-refractivity contribution in [1.82, 2.24) is 0 Å². The lowest BCUT2D eigenvalue weighted by Gasteiger charge is -2.28. The van der Waals surface area contributed by atoms with Crippen LogP contribution in [0.15, 0.2) is 18.2 Å². The van der Waals surface area contributed by atoms with E-state index in [9.17, 15) is 9.59 Å². The quantitative estimate of drug-likeness (QED) is 0.562. The molecule has 0 aromatic heterocycles. The van der Waals surface area contributed by atoms with E-state index in [1.54, 1.807) is 6.92 Å². The van der Waals surface area contributed by atoms with Gasteiger partial charge in [-0.2, -0.15) is 0 Å². The first-order chi connectivity index (χ1) is 8.63. The van der Waals surface area contributed by atoms with Crippen LogP contribution in [0, 0.1) is 6.92 Å². The molecule has 0 fully saturated rings. The molecule has 18 heavy (non-hydrogen) atoms. The van der Waals surface area contributed by atoms with Gasteiger partial charge in [-0.3, -0.25) is 4.79 Å². The summed E-state index contributed by atoms with van der Waals surface area (Å²) in [6, 6.07) is 5.93. The van der Waals surface area contributed by atoms with Crippen molar-refractivity contribution in [3.05, 3.63) is 29.3 Å². The number of hydrogen-bond donors (Lipinski definition) is 0. The molecule has 1 aliphatic heterocycles. The van der Waals surface area contributed by atoms with Gasteiger partial charge in [-0.1, -0.05) is 17.7 Å². The molecule has 96 valence electrons. The summed E-state index contributed by atoms with van der Waals surface area (Å²) < 4.78 is 4.77. The summed E-state index contributed by atoms with van der Waals surface area (Å²) in [5, 5.41) is 0. The van der Waals surface area contributed by atoms with Crippen LogP contribution in [0.2, 0.25) is 0 Å². The van der Waals surface area contributed by atoms with Crippen molar-refractivity contribution in [3.8, 4) is 0 Å². The molecule has 0 saturated heterocycles. The van der Waals surface area contributed by atoms with Gasteiger partial charge in [0.25, 0.3) is 0 Å². The number of esters is 1. The van der Waals surface area contributed by atoms with E-state index in [-0.39, 0.29) is 6.61 Å². The van der Waals surface area contributed by atoms with Crippen molar-refractivity contribution >= 4 is 17.6 Å². The summed E-state index contributed by atoms with van der Waals surface area (Å²) in [6.45, 7) is 4.51. The standard InChI is InChI=1S/C14H17NO3/c1-3-18-14(17)13(16)15-8-4-5-11-9-10(2)6-7-12(11)15/h6-7,9H,3-5,8H2,1-2H3. The van der Waals surface area contributed by atoms with Gasteiger partial charge in [-0.25, -0.2) is 4.79 Å². The fraction of sp³-hybridized carbons (Fsp3) is 0.429. The maximum absolute atomic E-state index is 12.0. The third-order valence-corrected chi connectivity index (χ3v) is 3.05. The van der Waals surface area contributed by atoms with E-state index < -0.39 is 11.9 Å². The molecule has 0 aliphatic carbocycles. The van der Waals surface area contributed by atoms with Gasteiger partial charge in [0.2, 0.25) is 0 Å². The van der Waals surface area contributed by atoms with E-state index in [0.29, 0.717) is 6.54 Å². The molecule has 0 radical (unpaired) electrons. The Labute approximate surface area is 107 Å². The van der Waals surface area contributed by atoms with E-state index in [4.69, 9.17) is 4.74 Å². The van der Waals surface area contributed by atoms with Crippen molar-refractivity contribution in [2.45, 2.75) is 26.7 Å². The van der Waals surface area contributed by atoms with Gasteiger partial charge >= 0.3 is 11.9 Å². The van der Waals surface area contributed by atoms with Gasteiger partial charge in [0.1, 0.15) is 0 Å². The van der Waals surface area contributed by atoms with Gasteiger partial charge in [0.05, 0.1) is 6.61 Å². The Bertz CT molecular complexity index is 482. The molecule has 4 heteroatoms. The molecule has 1 aromatic rings. The zero-order chi connectivity index (χ0) is 13.1. The molecule has 0 spiro atoms. The van der Waals surface area contributed by atoms with E-state index >= 15 is 0 Å². The molecule has 2 rings (SSSR count). The normalized spacial score (nSPS) is 14.0. The Morgan fingerprint density at radius 1 is 1.39 bits per heavy atom. The Balaban J connectivity index is 2.27. The van der Waals surface area contributed by atoms with Crippen LogP contribution in [0.4, 0.5) is 5.69 Å². The lowest BCUT2D eigenvalue weighted by molar-refractivity contribution is -0.153. The fourth-order valence-corrected chi connectivity index (χ4v) is 2.24. The Hall–Kier alpha value is -1.84. The minimum absolute atomic E-state index is 0.221. The molecule has 0 N–H and O–H groups in total. The van der Waals surface area contributed by atoms with E-state index in [1.165, 1.54) is 10.5 Å². The van der Waals surface area contributed by atoms with Crippen molar-refractivity contribution in [1.29, 1.82) is 0 Å². The van der Waals surface area contributed by atoms with Crippen LogP contribution in [0.25, 0.3) is 0 Å². The maximum atomic E-state index is 12.0. The lowest BCUT2D eigenvalue weighted by atomic mass is 9.99. The highest BCUT2D eigenvalue weighted by atomic mass is 16.5. The number of hydrogen-bond acceptors (Lipinski definition) is 3. The van der Waals surface area contributed by atoms with Gasteiger partial charge in [-0.15, -0.1) is 0 Å². The van der Waals surface area contributed by atoms with Crippen molar-refractivity contribution in [2.24, 2.45) is 0 Å². The van der Waals surface area contributed by atoms with Gasteiger partial charge in [-0.05, 0) is 38.3 Å². The number of benzene rings is 1. The SMILES string of the molecule is CCOC(=O)C(=O)N1CCCc2cc(C)ccc21. The fourth-order valence-electron chi connectivity index (χ4n) is 2.24. The third kappa shape index (κ3) is 2.37. The first-order valence-corrected chi connectivity index (χ1v) is 6.21. The van der Waals surface area contributed by atoms with Crippen molar-refractivity contribution < 1.29 is 14.3 Å². The second-order valence-corrected chi connectivity index (χ2v) is 4.41. The predicted octanol–water partition coefficient (Wildman–Crippen LogP) is 1.84. The first-order valence-electron chi connectivity index (χ1n) is 6.21. The monoisotopic (exact) mass is 247 g/mol. The molecule has 1 amide bonds. The smallest absolute Gasteiger partial charge is 0.397 e. The zero-order valence-electron chi connectivity index (χ0n) is 10.7. The summed E-state index contributed by atoms with van der Waals surface area (Å²) in [5.41, 5.74) is 3.13. The lowest BCUT2D eigenvalue weighted by Crippen LogP contribution is -2.40.